The summed E-state index contributed by atoms with van der Waals surface area (Å²) in [5, 5.41) is 2.76. The minimum Gasteiger partial charge on any atom is -0.350 e. The molecule has 2 aliphatic rings. The average Bonchev–Trinajstić information content (AvgIpc) is 2.97. The van der Waals surface area contributed by atoms with Crippen LogP contribution in [0.2, 0.25) is 0 Å². The van der Waals surface area contributed by atoms with E-state index >= 15 is 0 Å². The summed E-state index contributed by atoms with van der Waals surface area (Å²) in [4.78, 5) is 27.0. The van der Waals surface area contributed by atoms with Gasteiger partial charge in [-0.1, -0.05) is 18.6 Å². The fourth-order valence-corrected chi connectivity index (χ4v) is 5.88. The number of aryl methyl sites for hydroxylation is 1. The van der Waals surface area contributed by atoms with Gasteiger partial charge in [-0.15, -0.1) is 0 Å². The minimum atomic E-state index is -3.58. The molecule has 0 radical (unpaired) electrons. The van der Waals surface area contributed by atoms with E-state index in [-0.39, 0.29) is 42.0 Å². The maximum Gasteiger partial charge on any atom is 0.243 e. The Bertz CT molecular complexity index is 1130. The lowest BCUT2D eigenvalue weighted by molar-refractivity contribution is -0.123. The Kier molecular flexibility index (Phi) is 7.09. The molecule has 9 heteroatoms. The van der Waals surface area contributed by atoms with E-state index < -0.39 is 10.0 Å². The van der Waals surface area contributed by atoms with Crippen LogP contribution in [0.1, 0.15) is 43.2 Å². The largest absolute Gasteiger partial charge is 0.350 e. The second-order valence-electron chi connectivity index (χ2n) is 8.49. The van der Waals surface area contributed by atoms with Gasteiger partial charge in [-0.2, -0.15) is 4.31 Å². The van der Waals surface area contributed by atoms with Crippen LogP contribution in [0.3, 0.4) is 0 Å². The topological polar surface area (TPSA) is 86.8 Å². The lowest BCUT2D eigenvalue weighted by atomic mass is 10.1. The first kappa shape index (κ1) is 23.4. The smallest absolute Gasteiger partial charge is 0.243 e. The molecule has 0 aliphatic carbocycles. The van der Waals surface area contributed by atoms with Crippen molar-refractivity contribution in [2.45, 2.75) is 50.0 Å². The number of carbonyl (C=O) groups is 2. The summed E-state index contributed by atoms with van der Waals surface area (Å²) < 4.78 is 40.7. The zero-order valence-corrected chi connectivity index (χ0v) is 19.2. The van der Waals surface area contributed by atoms with E-state index in [2.05, 4.69) is 5.32 Å². The van der Waals surface area contributed by atoms with E-state index in [1.54, 1.807) is 24.3 Å². The Balaban J connectivity index is 1.51. The highest BCUT2D eigenvalue weighted by Gasteiger charge is 2.29. The SMILES string of the molecule is O=C(CN1C(=O)CCCc2cc(S(=O)(=O)N3CCCCC3)ccc21)NCc1ccc(F)cc1. The molecular formula is C24H28FN3O4S. The number of carbonyl (C=O) groups excluding carboxylic acids is 2. The predicted molar refractivity (Wildman–Crippen MR) is 123 cm³/mol. The first-order valence-corrected chi connectivity index (χ1v) is 12.7. The summed E-state index contributed by atoms with van der Waals surface area (Å²) in [6, 6.07) is 10.7. The monoisotopic (exact) mass is 473 g/mol. The lowest BCUT2D eigenvalue weighted by Crippen LogP contribution is -2.40. The third-order valence-electron chi connectivity index (χ3n) is 6.14. The van der Waals surface area contributed by atoms with E-state index in [1.807, 2.05) is 0 Å². The Morgan fingerprint density at radius 3 is 2.42 bits per heavy atom. The molecule has 1 N–H and O–H groups in total. The number of hydrogen-bond donors (Lipinski definition) is 1. The van der Waals surface area contributed by atoms with Gasteiger partial charge in [0, 0.05) is 31.7 Å². The Morgan fingerprint density at radius 2 is 1.70 bits per heavy atom. The normalized spacial score (nSPS) is 17.4. The number of rotatable bonds is 6. The first-order chi connectivity index (χ1) is 15.8. The molecular weight excluding hydrogens is 445 g/mol. The van der Waals surface area contributed by atoms with Crippen molar-refractivity contribution in [3.05, 3.63) is 59.4 Å². The van der Waals surface area contributed by atoms with Gasteiger partial charge in [0.25, 0.3) is 0 Å². The van der Waals surface area contributed by atoms with Crippen LogP contribution < -0.4 is 10.2 Å². The first-order valence-electron chi connectivity index (χ1n) is 11.3. The molecule has 0 saturated carbocycles. The molecule has 0 unspecified atom stereocenters. The van der Waals surface area contributed by atoms with Gasteiger partial charge in [0.2, 0.25) is 21.8 Å². The summed E-state index contributed by atoms with van der Waals surface area (Å²) in [5.74, 6) is -0.860. The second-order valence-corrected chi connectivity index (χ2v) is 10.4. The molecule has 1 fully saturated rings. The van der Waals surface area contributed by atoms with E-state index in [9.17, 15) is 22.4 Å². The van der Waals surface area contributed by atoms with Gasteiger partial charge in [0.1, 0.15) is 12.4 Å². The van der Waals surface area contributed by atoms with E-state index in [0.29, 0.717) is 31.6 Å². The molecule has 4 rings (SSSR count). The Morgan fingerprint density at radius 1 is 0.970 bits per heavy atom. The highest BCUT2D eigenvalue weighted by molar-refractivity contribution is 7.89. The highest BCUT2D eigenvalue weighted by atomic mass is 32.2. The maximum absolute atomic E-state index is 13.1. The van der Waals surface area contributed by atoms with Crippen molar-refractivity contribution in [1.29, 1.82) is 0 Å². The van der Waals surface area contributed by atoms with Crippen LogP contribution >= 0.6 is 0 Å². The molecule has 33 heavy (non-hydrogen) atoms. The van der Waals surface area contributed by atoms with E-state index in [1.165, 1.54) is 27.4 Å². The molecule has 7 nitrogen and oxygen atoms in total. The number of hydrogen-bond acceptors (Lipinski definition) is 4. The van der Waals surface area contributed by atoms with Gasteiger partial charge >= 0.3 is 0 Å². The number of nitrogens with one attached hydrogen (secondary N) is 1. The Hall–Kier alpha value is -2.78. The fourth-order valence-electron chi connectivity index (χ4n) is 4.32. The number of piperidine rings is 1. The molecule has 2 heterocycles. The zero-order chi connectivity index (χ0) is 23.4. The van der Waals surface area contributed by atoms with Gasteiger partial charge in [-0.25, -0.2) is 12.8 Å². The van der Waals surface area contributed by atoms with E-state index in [4.69, 9.17) is 0 Å². The molecule has 2 aromatic carbocycles. The van der Waals surface area contributed by atoms with Crippen LogP contribution in [0.25, 0.3) is 0 Å². The molecule has 0 spiro atoms. The third kappa shape index (κ3) is 5.42. The van der Waals surface area contributed by atoms with Crippen molar-refractivity contribution in [1.82, 2.24) is 9.62 Å². The Labute approximate surface area is 193 Å². The van der Waals surface area contributed by atoms with Gasteiger partial charge in [-0.05, 0) is 67.1 Å². The molecule has 1 saturated heterocycles. The van der Waals surface area contributed by atoms with Crippen LogP contribution in [0.4, 0.5) is 10.1 Å². The van der Waals surface area contributed by atoms with Crippen molar-refractivity contribution in [2.24, 2.45) is 0 Å². The summed E-state index contributed by atoms with van der Waals surface area (Å²) in [7, 11) is -3.58. The molecule has 2 amide bonds. The molecule has 176 valence electrons. The summed E-state index contributed by atoms with van der Waals surface area (Å²) in [5.41, 5.74) is 2.08. The predicted octanol–water partition coefficient (Wildman–Crippen LogP) is 2.99. The maximum atomic E-state index is 13.1. The quantitative estimate of drug-likeness (QED) is 0.699. The van der Waals surface area contributed by atoms with Crippen molar-refractivity contribution in [2.75, 3.05) is 24.5 Å². The summed E-state index contributed by atoms with van der Waals surface area (Å²) in [6.45, 7) is 1.11. The van der Waals surface area contributed by atoms with Crippen molar-refractivity contribution < 1.29 is 22.4 Å². The number of fused-ring (bicyclic) bond motifs is 1. The third-order valence-corrected chi connectivity index (χ3v) is 8.03. The van der Waals surface area contributed by atoms with Crippen molar-refractivity contribution >= 4 is 27.5 Å². The molecule has 0 bridgehead atoms. The van der Waals surface area contributed by atoms with Gasteiger partial charge in [0.05, 0.1) is 4.90 Å². The van der Waals surface area contributed by atoms with Crippen LogP contribution in [0.15, 0.2) is 47.4 Å². The van der Waals surface area contributed by atoms with Crippen molar-refractivity contribution in [3.8, 4) is 0 Å². The highest BCUT2D eigenvalue weighted by Crippen LogP contribution is 2.31. The van der Waals surface area contributed by atoms with Crippen LogP contribution in [0.5, 0.6) is 0 Å². The van der Waals surface area contributed by atoms with Crippen molar-refractivity contribution in [3.63, 3.8) is 0 Å². The summed E-state index contributed by atoms with van der Waals surface area (Å²) >= 11 is 0. The number of anilines is 1. The zero-order valence-electron chi connectivity index (χ0n) is 18.4. The average molecular weight is 474 g/mol. The van der Waals surface area contributed by atoms with Gasteiger partial charge in [-0.3, -0.25) is 9.59 Å². The standard InChI is InChI=1S/C24H28FN3O4S/c25-20-9-7-18(8-10-20)16-26-23(29)17-28-22-12-11-21(15-19(22)5-4-6-24(28)30)33(31,32)27-13-2-1-3-14-27/h7-12,15H,1-6,13-14,16-17H2,(H,26,29). The minimum absolute atomic E-state index is 0.161. The number of benzene rings is 2. The van der Waals surface area contributed by atoms with E-state index in [0.717, 1.165) is 30.4 Å². The van der Waals surface area contributed by atoms with Gasteiger partial charge < -0.3 is 10.2 Å². The fraction of sp³-hybridized carbons (Fsp3) is 0.417. The van der Waals surface area contributed by atoms with Crippen LogP contribution in [-0.4, -0.2) is 44.2 Å². The lowest BCUT2D eigenvalue weighted by Gasteiger charge is -2.27. The number of sulfonamides is 1. The molecule has 2 aliphatic heterocycles. The van der Waals surface area contributed by atoms with Gasteiger partial charge in [0.15, 0.2) is 0 Å². The molecule has 0 aromatic heterocycles. The summed E-state index contributed by atoms with van der Waals surface area (Å²) in [6.07, 6.45) is 4.20. The number of nitrogens with zero attached hydrogens (tertiary/aromatic N) is 2. The van der Waals surface area contributed by atoms with Crippen LogP contribution in [-0.2, 0) is 32.6 Å². The molecule has 0 atom stereocenters. The number of amides is 2. The number of halogens is 1. The van der Waals surface area contributed by atoms with Crippen LogP contribution in [0, 0.1) is 5.82 Å². The molecule has 2 aromatic rings. The second kappa shape index (κ2) is 10.0.